The number of nitriles is 1. The highest BCUT2D eigenvalue weighted by molar-refractivity contribution is 5.82. The Labute approximate surface area is 214 Å². The van der Waals surface area contributed by atoms with Crippen molar-refractivity contribution in [3.63, 3.8) is 0 Å². The normalized spacial score (nSPS) is 14.1. The molecule has 0 atom stereocenters. The number of anilines is 2. The summed E-state index contributed by atoms with van der Waals surface area (Å²) in [6.07, 6.45) is 6.88. The van der Waals surface area contributed by atoms with Crippen LogP contribution in [0.2, 0.25) is 0 Å². The van der Waals surface area contributed by atoms with E-state index >= 15 is 0 Å². The van der Waals surface area contributed by atoms with E-state index < -0.39 is 0 Å². The maximum atomic E-state index is 9.15. The number of imidazole rings is 1. The Morgan fingerprint density at radius 2 is 1.68 bits per heavy atom. The number of hydrogen-bond donors (Lipinski definition) is 1. The van der Waals surface area contributed by atoms with Crippen LogP contribution in [0.4, 0.5) is 11.5 Å². The average molecular weight is 488 g/mol. The number of aromatic nitrogens is 5. The summed E-state index contributed by atoms with van der Waals surface area (Å²) >= 11 is 0. The van der Waals surface area contributed by atoms with Crippen LogP contribution >= 0.6 is 0 Å². The molecular weight excluding hydrogens is 462 g/mol. The Hall–Kier alpha value is -4.81. The van der Waals surface area contributed by atoms with Crippen LogP contribution in [-0.4, -0.2) is 55.6 Å². The molecule has 0 bridgehead atoms. The molecule has 1 saturated heterocycles. The van der Waals surface area contributed by atoms with Gasteiger partial charge in [-0.3, -0.25) is 14.5 Å². The predicted octanol–water partition coefficient (Wildman–Crippen LogP) is 3.65. The Morgan fingerprint density at radius 3 is 2.46 bits per heavy atom. The lowest BCUT2D eigenvalue weighted by Gasteiger charge is -2.36. The molecule has 6 rings (SSSR count). The van der Waals surface area contributed by atoms with E-state index in [1.807, 2.05) is 41.1 Å². The molecule has 0 spiro atoms. The first kappa shape index (κ1) is 22.6. The summed E-state index contributed by atoms with van der Waals surface area (Å²) in [5.74, 6) is 1.16. The molecule has 37 heavy (non-hydrogen) atoms. The molecule has 0 aliphatic carbocycles. The monoisotopic (exact) mass is 487 g/mol. The van der Waals surface area contributed by atoms with Crippen molar-refractivity contribution in [3.05, 3.63) is 90.5 Å². The molecule has 4 aromatic heterocycles. The van der Waals surface area contributed by atoms with E-state index in [-0.39, 0.29) is 0 Å². The maximum Gasteiger partial charge on any atom is 0.164 e. The van der Waals surface area contributed by atoms with E-state index in [9.17, 15) is 0 Å². The van der Waals surface area contributed by atoms with Crippen LogP contribution in [0.5, 0.6) is 0 Å². The van der Waals surface area contributed by atoms with Gasteiger partial charge in [0.15, 0.2) is 11.5 Å². The van der Waals surface area contributed by atoms with Crippen LogP contribution in [0.25, 0.3) is 28.2 Å². The fourth-order valence-electron chi connectivity index (χ4n) is 4.78. The zero-order chi connectivity index (χ0) is 25.2. The van der Waals surface area contributed by atoms with Gasteiger partial charge in [-0.15, -0.1) is 0 Å². The summed E-state index contributed by atoms with van der Waals surface area (Å²) in [5.41, 5.74) is 12.4. The lowest BCUT2D eigenvalue weighted by molar-refractivity contribution is 0.250. The molecule has 9 nitrogen and oxygen atoms in total. The Bertz CT molecular complexity index is 1590. The van der Waals surface area contributed by atoms with Gasteiger partial charge in [-0.1, -0.05) is 12.1 Å². The van der Waals surface area contributed by atoms with E-state index in [0.29, 0.717) is 11.4 Å². The van der Waals surface area contributed by atoms with Gasteiger partial charge in [-0.05, 0) is 48.0 Å². The number of nitrogens with zero attached hydrogens (tertiary/aromatic N) is 8. The molecule has 1 aromatic carbocycles. The van der Waals surface area contributed by atoms with E-state index in [4.69, 9.17) is 16.0 Å². The van der Waals surface area contributed by atoms with Crippen LogP contribution < -0.4 is 10.6 Å². The van der Waals surface area contributed by atoms with E-state index in [1.54, 1.807) is 18.6 Å². The lowest BCUT2D eigenvalue weighted by atomic mass is 10.1. The number of piperazine rings is 1. The van der Waals surface area contributed by atoms with Gasteiger partial charge in [0.25, 0.3) is 0 Å². The fraction of sp³-hybridized carbons (Fsp3) is 0.179. The van der Waals surface area contributed by atoms with E-state index in [1.165, 1.54) is 5.56 Å². The lowest BCUT2D eigenvalue weighted by Crippen LogP contribution is -2.46. The highest BCUT2D eigenvalue weighted by Gasteiger charge is 2.19. The smallest absolute Gasteiger partial charge is 0.164 e. The van der Waals surface area contributed by atoms with Crippen LogP contribution in [0.1, 0.15) is 11.1 Å². The quantitative estimate of drug-likeness (QED) is 0.400. The van der Waals surface area contributed by atoms with Crippen molar-refractivity contribution in [2.45, 2.75) is 6.54 Å². The Morgan fingerprint density at radius 1 is 0.892 bits per heavy atom. The van der Waals surface area contributed by atoms with Crippen LogP contribution in [0.15, 0.2) is 79.4 Å². The maximum absolute atomic E-state index is 9.15. The molecule has 5 heterocycles. The molecule has 5 aromatic rings. The SMILES string of the molecule is N#Cc1cncc(N2CCN(Cc3ccc(-n4c(-c5cccnc5N)nc5cccnc54)cc3)CC2)c1. The zero-order valence-electron chi connectivity index (χ0n) is 20.2. The summed E-state index contributed by atoms with van der Waals surface area (Å²) < 4.78 is 2.04. The molecule has 182 valence electrons. The largest absolute Gasteiger partial charge is 0.383 e. The van der Waals surface area contributed by atoms with Crippen molar-refractivity contribution in [2.24, 2.45) is 0 Å². The summed E-state index contributed by atoms with van der Waals surface area (Å²) in [5, 5.41) is 9.15. The van der Waals surface area contributed by atoms with Gasteiger partial charge >= 0.3 is 0 Å². The minimum atomic E-state index is 0.435. The fourth-order valence-corrected chi connectivity index (χ4v) is 4.78. The van der Waals surface area contributed by atoms with Crippen molar-refractivity contribution in [3.8, 4) is 23.1 Å². The van der Waals surface area contributed by atoms with Crippen LogP contribution in [0, 0.1) is 11.3 Å². The standard InChI is InChI=1S/C28H25N9/c29-16-21-15-23(18-31-17-21)36-13-11-35(12-14-36)19-20-5-7-22(8-6-20)37-27(24-3-1-9-32-26(24)30)34-25-4-2-10-33-28(25)37/h1-10,15,17-18H,11-14,19H2,(H2,30,32). The number of benzene rings is 1. The molecular formula is C28H25N9. The highest BCUT2D eigenvalue weighted by Crippen LogP contribution is 2.30. The molecule has 0 amide bonds. The third kappa shape index (κ3) is 4.46. The van der Waals surface area contributed by atoms with Gasteiger partial charge in [0, 0.05) is 57.0 Å². The summed E-state index contributed by atoms with van der Waals surface area (Å²) in [6.45, 7) is 4.56. The van der Waals surface area contributed by atoms with Gasteiger partial charge in [0.05, 0.1) is 23.0 Å². The van der Waals surface area contributed by atoms with Crippen molar-refractivity contribution in [1.29, 1.82) is 5.26 Å². The zero-order valence-corrected chi connectivity index (χ0v) is 20.2. The second kappa shape index (κ2) is 9.68. The molecule has 1 fully saturated rings. The minimum absolute atomic E-state index is 0.435. The Balaban J connectivity index is 1.21. The van der Waals surface area contributed by atoms with Gasteiger partial charge < -0.3 is 10.6 Å². The second-order valence-electron chi connectivity index (χ2n) is 9.03. The number of fused-ring (bicyclic) bond motifs is 1. The molecule has 0 unspecified atom stereocenters. The molecule has 9 heteroatoms. The van der Waals surface area contributed by atoms with Crippen molar-refractivity contribution in [1.82, 2.24) is 29.4 Å². The van der Waals surface area contributed by atoms with Gasteiger partial charge in [0.1, 0.15) is 17.4 Å². The molecule has 2 N–H and O–H groups in total. The number of nitrogens with two attached hydrogens (primary N) is 1. The third-order valence-corrected chi connectivity index (χ3v) is 6.69. The summed E-state index contributed by atoms with van der Waals surface area (Å²) in [4.78, 5) is 22.6. The number of pyridine rings is 3. The van der Waals surface area contributed by atoms with Crippen LogP contribution in [0.3, 0.4) is 0 Å². The first-order valence-corrected chi connectivity index (χ1v) is 12.2. The summed E-state index contributed by atoms with van der Waals surface area (Å²) in [7, 11) is 0. The van der Waals surface area contributed by atoms with Gasteiger partial charge in [0.2, 0.25) is 0 Å². The van der Waals surface area contributed by atoms with Crippen molar-refractivity contribution in [2.75, 3.05) is 36.8 Å². The van der Waals surface area contributed by atoms with E-state index in [2.05, 4.69) is 55.1 Å². The first-order valence-electron chi connectivity index (χ1n) is 12.2. The highest BCUT2D eigenvalue weighted by atomic mass is 15.3. The molecule has 1 aliphatic heterocycles. The topological polar surface area (TPSA) is 113 Å². The molecule has 0 saturated carbocycles. The van der Waals surface area contributed by atoms with E-state index in [0.717, 1.165) is 66.7 Å². The molecule has 0 radical (unpaired) electrons. The number of rotatable bonds is 5. The van der Waals surface area contributed by atoms with Crippen molar-refractivity contribution >= 4 is 22.7 Å². The first-order chi connectivity index (χ1) is 18.2. The second-order valence-corrected chi connectivity index (χ2v) is 9.03. The number of nitrogen functional groups attached to an aromatic ring is 1. The molecule has 1 aliphatic rings. The summed E-state index contributed by atoms with van der Waals surface area (Å²) in [6, 6.07) is 20.2. The average Bonchev–Trinajstić information content (AvgIpc) is 3.33. The van der Waals surface area contributed by atoms with Crippen molar-refractivity contribution < 1.29 is 0 Å². The van der Waals surface area contributed by atoms with Gasteiger partial charge in [-0.2, -0.15) is 5.26 Å². The minimum Gasteiger partial charge on any atom is -0.383 e. The third-order valence-electron chi connectivity index (χ3n) is 6.69. The van der Waals surface area contributed by atoms with Crippen LogP contribution in [-0.2, 0) is 6.54 Å². The predicted molar refractivity (Wildman–Crippen MR) is 143 cm³/mol. The Kier molecular flexibility index (Phi) is 5.92. The number of hydrogen-bond acceptors (Lipinski definition) is 8. The van der Waals surface area contributed by atoms with Gasteiger partial charge in [-0.25, -0.2) is 15.0 Å².